The first-order valence-electron chi connectivity index (χ1n) is 5.24. The molecule has 90 valence electrons. The van der Waals surface area contributed by atoms with Crippen molar-refractivity contribution in [1.29, 1.82) is 0 Å². The van der Waals surface area contributed by atoms with Gasteiger partial charge in [0, 0.05) is 12.6 Å². The van der Waals surface area contributed by atoms with Crippen LogP contribution in [0.25, 0.3) is 0 Å². The van der Waals surface area contributed by atoms with E-state index >= 15 is 0 Å². The predicted molar refractivity (Wildman–Crippen MR) is 64.0 cm³/mol. The van der Waals surface area contributed by atoms with Crippen LogP contribution in [0.3, 0.4) is 0 Å². The van der Waals surface area contributed by atoms with Gasteiger partial charge in [0.2, 0.25) is 0 Å². The van der Waals surface area contributed by atoms with Gasteiger partial charge in [0.25, 0.3) is 17.7 Å². The number of carbonyl (C=O) groups is 3. The van der Waals surface area contributed by atoms with Gasteiger partial charge < -0.3 is 5.32 Å². The van der Waals surface area contributed by atoms with Crippen LogP contribution >= 0.6 is 0 Å². The SMILES string of the molecule is C#CCNC(=O)c1ccc2c(c1)C(=O)N(C)C2=O. The average Bonchev–Trinajstić information content (AvgIpc) is 2.61. The molecular weight excluding hydrogens is 232 g/mol. The van der Waals surface area contributed by atoms with Gasteiger partial charge in [0.05, 0.1) is 17.7 Å². The van der Waals surface area contributed by atoms with Gasteiger partial charge in [-0.15, -0.1) is 6.42 Å². The highest BCUT2D eigenvalue weighted by molar-refractivity contribution is 6.21. The number of carbonyl (C=O) groups excluding carboxylic acids is 3. The van der Waals surface area contributed by atoms with E-state index in [1.54, 1.807) is 0 Å². The summed E-state index contributed by atoms with van der Waals surface area (Å²) >= 11 is 0. The number of fused-ring (bicyclic) bond motifs is 1. The maximum Gasteiger partial charge on any atom is 0.261 e. The topological polar surface area (TPSA) is 66.5 Å². The molecule has 0 atom stereocenters. The number of nitrogens with zero attached hydrogens (tertiary/aromatic N) is 1. The zero-order valence-electron chi connectivity index (χ0n) is 9.69. The van der Waals surface area contributed by atoms with Gasteiger partial charge in [0.1, 0.15) is 0 Å². The lowest BCUT2D eigenvalue weighted by molar-refractivity contribution is 0.0693. The largest absolute Gasteiger partial charge is 0.341 e. The second kappa shape index (κ2) is 4.34. The normalized spacial score (nSPS) is 13.2. The van der Waals surface area contributed by atoms with Crippen molar-refractivity contribution in [1.82, 2.24) is 10.2 Å². The van der Waals surface area contributed by atoms with Crippen LogP contribution < -0.4 is 5.32 Å². The fourth-order valence-corrected chi connectivity index (χ4v) is 1.74. The first-order chi connectivity index (χ1) is 8.56. The number of amides is 3. The van der Waals surface area contributed by atoms with E-state index in [4.69, 9.17) is 6.42 Å². The predicted octanol–water partition coefficient (Wildman–Crippen LogP) is 0.275. The molecule has 1 aliphatic rings. The molecule has 0 radical (unpaired) electrons. The van der Waals surface area contributed by atoms with Gasteiger partial charge in [0.15, 0.2) is 0 Å². The lowest BCUT2D eigenvalue weighted by Gasteiger charge is -2.03. The molecular formula is C13H10N2O3. The van der Waals surface area contributed by atoms with E-state index in [1.165, 1.54) is 25.2 Å². The standard InChI is InChI=1S/C13H10N2O3/c1-3-6-14-11(16)8-4-5-9-10(7-8)13(18)15(2)12(9)17/h1,4-5,7H,6H2,2H3,(H,14,16). The van der Waals surface area contributed by atoms with Gasteiger partial charge in [-0.25, -0.2) is 0 Å². The van der Waals surface area contributed by atoms with Crippen LogP contribution in [0.2, 0.25) is 0 Å². The van der Waals surface area contributed by atoms with Crippen molar-refractivity contribution in [2.75, 3.05) is 13.6 Å². The van der Waals surface area contributed by atoms with Gasteiger partial charge >= 0.3 is 0 Å². The van der Waals surface area contributed by atoms with Crippen molar-refractivity contribution in [3.63, 3.8) is 0 Å². The summed E-state index contributed by atoms with van der Waals surface area (Å²) in [7, 11) is 1.41. The van der Waals surface area contributed by atoms with Crippen LogP contribution in [-0.4, -0.2) is 36.2 Å². The Morgan fingerprint density at radius 1 is 1.33 bits per heavy atom. The molecule has 0 unspecified atom stereocenters. The number of rotatable bonds is 2. The minimum absolute atomic E-state index is 0.114. The van der Waals surface area contributed by atoms with Crippen molar-refractivity contribution >= 4 is 17.7 Å². The highest BCUT2D eigenvalue weighted by Crippen LogP contribution is 2.22. The molecule has 1 aromatic rings. The highest BCUT2D eigenvalue weighted by Gasteiger charge is 2.33. The fraction of sp³-hybridized carbons (Fsp3) is 0.154. The van der Waals surface area contributed by atoms with Gasteiger partial charge in [-0.3, -0.25) is 19.3 Å². The lowest BCUT2D eigenvalue weighted by Crippen LogP contribution is -2.24. The molecule has 18 heavy (non-hydrogen) atoms. The van der Waals surface area contributed by atoms with Crippen molar-refractivity contribution in [2.45, 2.75) is 0 Å². The number of hydrogen-bond donors (Lipinski definition) is 1. The Morgan fingerprint density at radius 3 is 2.67 bits per heavy atom. The van der Waals surface area contributed by atoms with Gasteiger partial charge in [-0.2, -0.15) is 0 Å². The summed E-state index contributed by atoms with van der Waals surface area (Å²) in [6.07, 6.45) is 5.03. The van der Waals surface area contributed by atoms with E-state index in [9.17, 15) is 14.4 Å². The number of nitrogens with one attached hydrogen (secondary N) is 1. The van der Waals surface area contributed by atoms with E-state index in [-0.39, 0.29) is 23.9 Å². The molecule has 5 heteroatoms. The molecule has 1 N–H and O–H groups in total. The third-order valence-electron chi connectivity index (χ3n) is 2.70. The summed E-state index contributed by atoms with van der Waals surface area (Å²) in [4.78, 5) is 36.1. The molecule has 3 amide bonds. The summed E-state index contributed by atoms with van der Waals surface area (Å²) in [5.41, 5.74) is 0.868. The maximum absolute atomic E-state index is 11.7. The molecule has 0 bridgehead atoms. The Bertz CT molecular complexity index is 599. The van der Waals surface area contributed by atoms with E-state index in [2.05, 4.69) is 11.2 Å². The van der Waals surface area contributed by atoms with Crippen molar-refractivity contribution in [3.05, 3.63) is 34.9 Å². The number of hydrogen-bond acceptors (Lipinski definition) is 3. The van der Waals surface area contributed by atoms with Crippen LogP contribution in [0.1, 0.15) is 31.1 Å². The monoisotopic (exact) mass is 242 g/mol. The van der Waals surface area contributed by atoms with E-state index in [0.29, 0.717) is 11.1 Å². The van der Waals surface area contributed by atoms with Crippen molar-refractivity contribution in [3.8, 4) is 12.3 Å². The minimum Gasteiger partial charge on any atom is -0.341 e. The molecule has 0 fully saturated rings. The molecule has 0 aliphatic carbocycles. The smallest absolute Gasteiger partial charge is 0.261 e. The molecule has 2 rings (SSSR count). The van der Waals surface area contributed by atoms with Crippen LogP contribution in [-0.2, 0) is 0 Å². The fourth-order valence-electron chi connectivity index (χ4n) is 1.74. The van der Waals surface area contributed by atoms with Gasteiger partial charge in [-0.05, 0) is 18.2 Å². The second-order valence-electron chi connectivity index (χ2n) is 3.82. The number of terminal acetylenes is 1. The zero-order valence-corrected chi connectivity index (χ0v) is 9.69. The van der Waals surface area contributed by atoms with Crippen LogP contribution in [0, 0.1) is 12.3 Å². The minimum atomic E-state index is -0.401. The summed E-state index contributed by atoms with van der Waals surface area (Å²) in [6.45, 7) is 0.114. The third kappa shape index (κ3) is 1.74. The molecule has 1 aromatic carbocycles. The summed E-state index contributed by atoms with van der Waals surface area (Å²) in [6, 6.07) is 4.38. The lowest BCUT2D eigenvalue weighted by atomic mass is 10.1. The molecule has 5 nitrogen and oxygen atoms in total. The van der Waals surface area contributed by atoms with E-state index < -0.39 is 5.91 Å². The average molecular weight is 242 g/mol. The van der Waals surface area contributed by atoms with Crippen LogP contribution in [0.15, 0.2) is 18.2 Å². The first kappa shape index (κ1) is 11.9. The van der Waals surface area contributed by atoms with E-state index in [1.807, 2.05) is 0 Å². The van der Waals surface area contributed by atoms with Gasteiger partial charge in [-0.1, -0.05) is 5.92 Å². The number of imide groups is 1. The van der Waals surface area contributed by atoms with Crippen molar-refractivity contribution in [2.24, 2.45) is 0 Å². The molecule has 0 saturated carbocycles. The zero-order chi connectivity index (χ0) is 13.3. The molecule has 1 heterocycles. The Hall–Kier alpha value is -2.61. The quantitative estimate of drug-likeness (QED) is 0.598. The molecule has 0 spiro atoms. The second-order valence-corrected chi connectivity index (χ2v) is 3.82. The Labute approximate surface area is 104 Å². The van der Waals surface area contributed by atoms with E-state index in [0.717, 1.165) is 4.90 Å². The Balaban J connectivity index is 2.35. The highest BCUT2D eigenvalue weighted by atomic mass is 16.2. The van der Waals surface area contributed by atoms with Crippen molar-refractivity contribution < 1.29 is 14.4 Å². The molecule has 0 saturated heterocycles. The Morgan fingerprint density at radius 2 is 2.00 bits per heavy atom. The number of benzene rings is 1. The molecule has 1 aliphatic heterocycles. The summed E-state index contributed by atoms with van der Waals surface area (Å²) < 4.78 is 0. The Kier molecular flexibility index (Phi) is 2.86. The maximum atomic E-state index is 11.7. The summed E-state index contributed by atoms with van der Waals surface area (Å²) in [5, 5.41) is 2.49. The first-order valence-corrected chi connectivity index (χ1v) is 5.24. The third-order valence-corrected chi connectivity index (χ3v) is 2.70. The summed E-state index contributed by atoms with van der Waals surface area (Å²) in [5.74, 6) is 1.16. The van der Waals surface area contributed by atoms with Crippen LogP contribution in [0.4, 0.5) is 0 Å². The molecule has 0 aromatic heterocycles. The van der Waals surface area contributed by atoms with Crippen LogP contribution in [0.5, 0.6) is 0 Å².